The summed E-state index contributed by atoms with van der Waals surface area (Å²) in [5.41, 5.74) is 3.42. The van der Waals surface area contributed by atoms with E-state index in [1.807, 2.05) is 12.1 Å². The summed E-state index contributed by atoms with van der Waals surface area (Å²) in [4.78, 5) is 7.85. The molecule has 2 nitrogen and oxygen atoms in total. The maximum Gasteiger partial charge on any atom is 0.144 e. The van der Waals surface area contributed by atoms with Crippen molar-refractivity contribution in [2.75, 3.05) is 0 Å². The number of aromatic amines is 1. The number of aryl methyl sites for hydroxylation is 2. The van der Waals surface area contributed by atoms with E-state index < -0.39 is 0 Å². The first-order valence-electron chi connectivity index (χ1n) is 5.98. The number of hydrogen-bond donors (Lipinski definition) is 1. The van der Waals surface area contributed by atoms with Crippen LogP contribution in [0.15, 0.2) is 28.7 Å². The molecule has 0 spiro atoms. The molecule has 94 valence electrons. The van der Waals surface area contributed by atoms with E-state index in [-0.39, 0.29) is 0 Å². The van der Waals surface area contributed by atoms with E-state index in [2.05, 4.69) is 51.9 Å². The molecule has 0 atom stereocenters. The fourth-order valence-corrected chi connectivity index (χ4v) is 2.49. The molecule has 2 rings (SSSR count). The van der Waals surface area contributed by atoms with Gasteiger partial charge in [-0.1, -0.05) is 49.8 Å². The first-order chi connectivity index (χ1) is 8.63. The van der Waals surface area contributed by atoms with Crippen LogP contribution in [0.5, 0.6) is 0 Å². The number of hydrogen-bond acceptors (Lipinski definition) is 2. The van der Waals surface area contributed by atoms with Crippen LogP contribution in [0.25, 0.3) is 11.4 Å². The molecule has 4 heteroatoms. The number of aromatic nitrogens is 2. The molecule has 0 aliphatic carbocycles. The van der Waals surface area contributed by atoms with Crippen LogP contribution in [0.2, 0.25) is 0 Å². The molecule has 1 N–H and O–H groups in total. The number of H-pyrrole nitrogens is 1. The van der Waals surface area contributed by atoms with E-state index in [1.54, 1.807) is 0 Å². The van der Waals surface area contributed by atoms with E-state index >= 15 is 0 Å². The van der Waals surface area contributed by atoms with Crippen molar-refractivity contribution in [3.05, 3.63) is 44.6 Å². The minimum atomic E-state index is 0.621. The van der Waals surface area contributed by atoms with Gasteiger partial charge in [0.2, 0.25) is 0 Å². The normalized spacial score (nSPS) is 10.6. The summed E-state index contributed by atoms with van der Waals surface area (Å²) in [7, 11) is 0. The smallest absolute Gasteiger partial charge is 0.144 e. The van der Waals surface area contributed by atoms with E-state index in [1.165, 1.54) is 5.56 Å². The van der Waals surface area contributed by atoms with E-state index in [0.29, 0.717) is 4.64 Å². The van der Waals surface area contributed by atoms with Gasteiger partial charge in [0.1, 0.15) is 10.5 Å². The van der Waals surface area contributed by atoms with Gasteiger partial charge in [0.25, 0.3) is 0 Å². The fourth-order valence-electron chi connectivity index (χ4n) is 1.89. The number of nitrogens with zero attached hydrogens (tertiary/aromatic N) is 1. The van der Waals surface area contributed by atoms with Crippen molar-refractivity contribution in [3.8, 4) is 11.4 Å². The second kappa shape index (κ2) is 5.76. The zero-order chi connectivity index (χ0) is 13.1. The van der Waals surface area contributed by atoms with E-state index in [9.17, 15) is 0 Å². The quantitative estimate of drug-likeness (QED) is 0.820. The average Bonchev–Trinajstić information content (AvgIpc) is 2.35. The molecule has 0 saturated heterocycles. The van der Waals surface area contributed by atoms with Crippen LogP contribution in [0, 0.1) is 11.6 Å². The van der Waals surface area contributed by atoms with Crippen LogP contribution in [0.3, 0.4) is 0 Å². The molecule has 1 aromatic heterocycles. The average molecular weight is 323 g/mol. The van der Waals surface area contributed by atoms with Gasteiger partial charge in [0.05, 0.1) is 4.47 Å². The number of rotatable bonds is 3. The van der Waals surface area contributed by atoms with Gasteiger partial charge in [-0.2, -0.15) is 0 Å². The lowest BCUT2D eigenvalue weighted by molar-refractivity contribution is 0.865. The number of nitrogens with one attached hydrogen (secondary N) is 1. The summed E-state index contributed by atoms with van der Waals surface area (Å²) in [6.07, 6.45) is 2.03. The van der Waals surface area contributed by atoms with Crippen molar-refractivity contribution in [3.63, 3.8) is 0 Å². The first-order valence-corrected chi connectivity index (χ1v) is 7.18. The molecule has 0 aliphatic rings. The zero-order valence-corrected chi connectivity index (χ0v) is 12.9. The van der Waals surface area contributed by atoms with Crippen LogP contribution in [-0.2, 0) is 6.42 Å². The highest BCUT2D eigenvalue weighted by atomic mass is 79.9. The van der Waals surface area contributed by atoms with Crippen molar-refractivity contribution in [2.24, 2.45) is 0 Å². The second-order valence-electron chi connectivity index (χ2n) is 4.25. The lowest BCUT2D eigenvalue weighted by atomic mass is 10.1. The lowest BCUT2D eigenvalue weighted by Gasteiger charge is -2.09. The molecular formula is C14H15BrN2S. The molecule has 0 fully saturated rings. The third kappa shape index (κ3) is 2.70. The molecule has 0 saturated carbocycles. The Hall–Kier alpha value is -1.00. The third-order valence-corrected chi connectivity index (χ3v) is 4.25. The standard InChI is InChI=1S/C14H15BrN2S/c1-3-6-11-12(15)14(18)17-13(16-11)10-8-5-4-7-9(10)2/h4-5,7-8H,3,6H2,1-2H3,(H,16,17,18). The maximum atomic E-state index is 5.31. The van der Waals surface area contributed by atoms with Gasteiger partial charge in [0, 0.05) is 11.3 Å². The molecule has 0 aliphatic heterocycles. The summed E-state index contributed by atoms with van der Waals surface area (Å²) in [5, 5.41) is 0. The summed E-state index contributed by atoms with van der Waals surface area (Å²) in [6.45, 7) is 4.23. The second-order valence-corrected chi connectivity index (χ2v) is 5.43. The summed E-state index contributed by atoms with van der Waals surface area (Å²) < 4.78 is 1.53. The number of halogens is 1. The molecular weight excluding hydrogens is 308 g/mol. The van der Waals surface area contributed by atoms with Crippen molar-refractivity contribution < 1.29 is 0 Å². The predicted molar refractivity (Wildman–Crippen MR) is 81.3 cm³/mol. The van der Waals surface area contributed by atoms with Crippen LogP contribution in [0.1, 0.15) is 24.6 Å². The largest absolute Gasteiger partial charge is 0.342 e. The molecule has 1 heterocycles. The minimum Gasteiger partial charge on any atom is -0.342 e. The van der Waals surface area contributed by atoms with Gasteiger partial charge in [0.15, 0.2) is 0 Å². The molecule has 0 radical (unpaired) electrons. The van der Waals surface area contributed by atoms with Crippen molar-refractivity contribution in [2.45, 2.75) is 26.7 Å². The first kappa shape index (κ1) is 13.4. The third-order valence-electron chi connectivity index (χ3n) is 2.84. The topological polar surface area (TPSA) is 28.7 Å². The van der Waals surface area contributed by atoms with Crippen LogP contribution in [0.4, 0.5) is 0 Å². The highest BCUT2D eigenvalue weighted by Gasteiger charge is 2.08. The van der Waals surface area contributed by atoms with Gasteiger partial charge < -0.3 is 4.98 Å². The highest BCUT2D eigenvalue weighted by molar-refractivity contribution is 9.10. The molecule has 18 heavy (non-hydrogen) atoms. The maximum absolute atomic E-state index is 5.31. The van der Waals surface area contributed by atoms with Gasteiger partial charge >= 0.3 is 0 Å². The van der Waals surface area contributed by atoms with Crippen molar-refractivity contribution >= 4 is 28.1 Å². The Bertz CT molecular complexity index is 619. The van der Waals surface area contributed by atoms with Crippen LogP contribution in [-0.4, -0.2) is 9.97 Å². The van der Waals surface area contributed by atoms with Crippen molar-refractivity contribution in [1.82, 2.24) is 9.97 Å². The molecule has 0 bridgehead atoms. The Morgan fingerprint density at radius 3 is 2.72 bits per heavy atom. The van der Waals surface area contributed by atoms with Crippen molar-refractivity contribution in [1.29, 1.82) is 0 Å². The summed E-state index contributed by atoms with van der Waals surface area (Å²) in [6, 6.07) is 8.18. The van der Waals surface area contributed by atoms with Gasteiger partial charge in [-0.3, -0.25) is 0 Å². The number of benzene rings is 1. The Morgan fingerprint density at radius 1 is 1.33 bits per heavy atom. The Balaban J connectivity index is 2.59. The van der Waals surface area contributed by atoms with Crippen LogP contribution >= 0.6 is 28.1 Å². The fraction of sp³-hybridized carbons (Fsp3) is 0.286. The monoisotopic (exact) mass is 322 g/mol. The highest BCUT2D eigenvalue weighted by Crippen LogP contribution is 2.24. The Kier molecular flexibility index (Phi) is 4.30. The molecule has 0 amide bonds. The summed E-state index contributed by atoms with van der Waals surface area (Å²) in [5.74, 6) is 0.852. The predicted octanol–water partition coefficient (Wildman–Crippen LogP) is 4.83. The minimum absolute atomic E-state index is 0.621. The summed E-state index contributed by atoms with van der Waals surface area (Å²) >= 11 is 8.82. The van der Waals surface area contributed by atoms with E-state index in [4.69, 9.17) is 12.2 Å². The van der Waals surface area contributed by atoms with Gasteiger partial charge in [-0.15, -0.1) is 0 Å². The lowest BCUT2D eigenvalue weighted by Crippen LogP contribution is -1.99. The Morgan fingerprint density at radius 2 is 2.06 bits per heavy atom. The van der Waals surface area contributed by atoms with Gasteiger partial charge in [-0.25, -0.2) is 4.98 Å². The Labute approximate surface area is 121 Å². The SMILES string of the molecule is CCCc1[nH]c(-c2ccccc2C)nc(=S)c1Br. The molecule has 1 aromatic carbocycles. The van der Waals surface area contributed by atoms with Crippen LogP contribution < -0.4 is 0 Å². The van der Waals surface area contributed by atoms with E-state index in [0.717, 1.165) is 34.4 Å². The zero-order valence-electron chi connectivity index (χ0n) is 10.5. The van der Waals surface area contributed by atoms with Gasteiger partial charge in [-0.05, 0) is 34.8 Å². The molecule has 2 aromatic rings. The molecule has 0 unspecified atom stereocenters.